The lowest BCUT2D eigenvalue weighted by Crippen LogP contribution is -2.38. The summed E-state index contributed by atoms with van der Waals surface area (Å²) in [5.41, 5.74) is 6.39. The van der Waals surface area contributed by atoms with Gasteiger partial charge in [0.15, 0.2) is 11.7 Å². The molecule has 4 N–H and O–H groups in total. The maximum atomic E-state index is 11.1. The van der Waals surface area contributed by atoms with E-state index in [1.54, 1.807) is 19.2 Å². The Morgan fingerprint density at radius 2 is 1.89 bits per heavy atom. The summed E-state index contributed by atoms with van der Waals surface area (Å²) in [5.74, 6) is 0.819. The van der Waals surface area contributed by atoms with Gasteiger partial charge >= 0.3 is 0 Å². The topological polar surface area (TPSA) is 92.6 Å². The third-order valence-electron chi connectivity index (χ3n) is 4.20. The van der Waals surface area contributed by atoms with Crippen LogP contribution in [0.1, 0.15) is 34.8 Å². The molecule has 0 radical (unpaired) electrons. The van der Waals surface area contributed by atoms with Crippen molar-refractivity contribution in [1.82, 2.24) is 10.6 Å². The largest absolute Gasteiger partial charge is 0.454 e. The lowest BCUT2D eigenvalue weighted by Gasteiger charge is -2.19. The Balaban J connectivity index is 0.00000261. The van der Waals surface area contributed by atoms with Gasteiger partial charge in [0, 0.05) is 7.05 Å². The predicted octanol–water partition coefficient (Wildman–Crippen LogP) is 3.58. The minimum atomic E-state index is -0.580. The molecule has 1 unspecified atom stereocenters. The number of aliphatic imine (C=N–C) groups is 1. The second kappa shape index (κ2) is 9.40. The zero-order valence-corrected chi connectivity index (χ0v) is 17.6. The molecule has 1 aromatic heterocycles. The number of fused-ring (bicyclic) bond motifs is 1. The molecule has 0 saturated carbocycles. The molecule has 7 heteroatoms. The molecule has 0 aliphatic heterocycles. The van der Waals surface area contributed by atoms with E-state index in [0.29, 0.717) is 18.3 Å². The van der Waals surface area contributed by atoms with E-state index in [-0.39, 0.29) is 35.8 Å². The monoisotopic (exact) mass is 478 g/mol. The minimum absolute atomic E-state index is 0. The minimum Gasteiger partial charge on any atom is -0.454 e. The first-order valence-corrected chi connectivity index (χ1v) is 8.42. The zero-order chi connectivity index (χ0) is 18.5. The number of primary amides is 1. The quantitative estimate of drug-likeness (QED) is 0.297. The molecule has 3 aromatic rings. The summed E-state index contributed by atoms with van der Waals surface area (Å²) in [6, 6.07) is 17.9. The van der Waals surface area contributed by atoms with E-state index < -0.39 is 5.91 Å². The van der Waals surface area contributed by atoms with Gasteiger partial charge in [0.2, 0.25) is 0 Å². The highest BCUT2D eigenvalue weighted by atomic mass is 127. The average Bonchev–Trinajstić information content (AvgIpc) is 3.14. The van der Waals surface area contributed by atoms with E-state index >= 15 is 0 Å². The number of benzene rings is 2. The standard InChI is InChI=1S/C20H22N4O2.HI/c1-13(16-9-5-7-14-6-3-4-8-17(14)16)24-20(22-2)23-12-15-10-11-18(26-15)19(21)25;/h3-11,13H,12H2,1-2H3,(H2,21,25)(H2,22,23,24);1H. The molecule has 0 aliphatic carbocycles. The highest BCUT2D eigenvalue weighted by Crippen LogP contribution is 2.23. The van der Waals surface area contributed by atoms with E-state index in [4.69, 9.17) is 10.2 Å². The van der Waals surface area contributed by atoms with Gasteiger partial charge in [-0.05, 0) is 35.4 Å². The number of guanidine groups is 1. The normalized spacial score (nSPS) is 12.3. The summed E-state index contributed by atoms with van der Waals surface area (Å²) >= 11 is 0. The molecule has 6 nitrogen and oxygen atoms in total. The lowest BCUT2D eigenvalue weighted by atomic mass is 10.00. The van der Waals surface area contributed by atoms with Crippen LogP contribution in [0.5, 0.6) is 0 Å². The molecular weight excluding hydrogens is 455 g/mol. The molecule has 1 heterocycles. The number of nitrogens with two attached hydrogens (primary N) is 1. The number of nitrogens with zero attached hydrogens (tertiary/aromatic N) is 1. The summed E-state index contributed by atoms with van der Waals surface area (Å²) in [4.78, 5) is 15.3. The fourth-order valence-electron chi connectivity index (χ4n) is 2.88. The van der Waals surface area contributed by atoms with Crippen molar-refractivity contribution >= 4 is 46.6 Å². The third kappa shape index (κ3) is 5.00. The van der Waals surface area contributed by atoms with Crippen molar-refractivity contribution in [3.8, 4) is 0 Å². The van der Waals surface area contributed by atoms with Crippen LogP contribution in [0.15, 0.2) is 64.0 Å². The molecule has 0 bridgehead atoms. The molecule has 27 heavy (non-hydrogen) atoms. The van der Waals surface area contributed by atoms with Gasteiger partial charge in [-0.3, -0.25) is 9.79 Å². The number of halogens is 1. The Morgan fingerprint density at radius 1 is 1.15 bits per heavy atom. The van der Waals surface area contributed by atoms with Gasteiger partial charge in [-0.1, -0.05) is 42.5 Å². The number of carbonyl (C=O) groups excluding carboxylic acids is 1. The summed E-state index contributed by atoms with van der Waals surface area (Å²) < 4.78 is 5.37. The second-order valence-electron chi connectivity index (χ2n) is 5.99. The zero-order valence-electron chi connectivity index (χ0n) is 15.2. The maximum Gasteiger partial charge on any atom is 0.284 e. The van der Waals surface area contributed by atoms with E-state index in [9.17, 15) is 4.79 Å². The van der Waals surface area contributed by atoms with Crippen molar-refractivity contribution in [1.29, 1.82) is 0 Å². The van der Waals surface area contributed by atoms with Crippen molar-refractivity contribution in [2.75, 3.05) is 7.05 Å². The highest BCUT2D eigenvalue weighted by Gasteiger charge is 2.12. The number of carbonyl (C=O) groups is 1. The molecule has 142 valence electrons. The summed E-state index contributed by atoms with van der Waals surface area (Å²) in [7, 11) is 1.71. The van der Waals surface area contributed by atoms with E-state index in [0.717, 1.165) is 0 Å². The highest BCUT2D eigenvalue weighted by molar-refractivity contribution is 14.0. The summed E-state index contributed by atoms with van der Waals surface area (Å²) in [6.45, 7) is 2.49. The van der Waals surface area contributed by atoms with Crippen LogP contribution in [0.2, 0.25) is 0 Å². The smallest absolute Gasteiger partial charge is 0.284 e. The fourth-order valence-corrected chi connectivity index (χ4v) is 2.88. The molecule has 0 aliphatic rings. The second-order valence-corrected chi connectivity index (χ2v) is 5.99. The van der Waals surface area contributed by atoms with Crippen molar-refractivity contribution < 1.29 is 9.21 Å². The van der Waals surface area contributed by atoms with Gasteiger partial charge in [-0.25, -0.2) is 0 Å². The molecule has 1 atom stereocenters. The molecule has 0 saturated heterocycles. The average molecular weight is 478 g/mol. The fraction of sp³-hybridized carbons (Fsp3) is 0.200. The van der Waals surface area contributed by atoms with Crippen LogP contribution < -0.4 is 16.4 Å². The van der Waals surface area contributed by atoms with Gasteiger partial charge in [0.25, 0.3) is 5.91 Å². The maximum absolute atomic E-state index is 11.1. The lowest BCUT2D eigenvalue weighted by molar-refractivity contribution is 0.0972. The Labute approximate surface area is 175 Å². The van der Waals surface area contributed by atoms with Crippen LogP contribution in [-0.4, -0.2) is 18.9 Å². The molecule has 0 fully saturated rings. The van der Waals surface area contributed by atoms with Gasteiger partial charge in [0.05, 0.1) is 12.6 Å². The first kappa shape index (κ1) is 20.8. The Kier molecular flexibility index (Phi) is 7.23. The first-order valence-electron chi connectivity index (χ1n) is 8.42. The Hall–Kier alpha value is -2.55. The number of hydrogen-bond acceptors (Lipinski definition) is 3. The van der Waals surface area contributed by atoms with Crippen LogP contribution in [0.4, 0.5) is 0 Å². The number of hydrogen-bond donors (Lipinski definition) is 3. The molecule has 1 amide bonds. The van der Waals surface area contributed by atoms with Crippen LogP contribution >= 0.6 is 24.0 Å². The van der Waals surface area contributed by atoms with Gasteiger partial charge in [0.1, 0.15) is 5.76 Å². The molecule has 3 rings (SSSR count). The van der Waals surface area contributed by atoms with Crippen LogP contribution in [0.25, 0.3) is 10.8 Å². The van der Waals surface area contributed by atoms with Gasteiger partial charge < -0.3 is 20.8 Å². The predicted molar refractivity (Wildman–Crippen MR) is 118 cm³/mol. The van der Waals surface area contributed by atoms with E-state index in [1.165, 1.54) is 16.3 Å². The number of amides is 1. The number of furan rings is 1. The van der Waals surface area contributed by atoms with Crippen LogP contribution in [0.3, 0.4) is 0 Å². The SMILES string of the molecule is CN=C(NCc1ccc(C(N)=O)o1)NC(C)c1cccc2ccccc12.I. The molecular formula is C20H23IN4O2. The number of nitrogens with one attached hydrogen (secondary N) is 2. The first-order chi connectivity index (χ1) is 12.6. The number of rotatable bonds is 5. The van der Waals surface area contributed by atoms with Crippen LogP contribution in [-0.2, 0) is 6.54 Å². The summed E-state index contributed by atoms with van der Waals surface area (Å²) in [5, 5.41) is 8.98. The van der Waals surface area contributed by atoms with Crippen molar-refractivity contribution in [2.45, 2.75) is 19.5 Å². The van der Waals surface area contributed by atoms with Gasteiger partial charge in [-0.2, -0.15) is 0 Å². The van der Waals surface area contributed by atoms with E-state index in [2.05, 4.69) is 52.9 Å². The van der Waals surface area contributed by atoms with Crippen molar-refractivity contribution in [2.24, 2.45) is 10.7 Å². The van der Waals surface area contributed by atoms with E-state index in [1.807, 2.05) is 12.1 Å². The van der Waals surface area contributed by atoms with Crippen molar-refractivity contribution in [3.63, 3.8) is 0 Å². The molecule has 0 spiro atoms. The molecule has 2 aromatic carbocycles. The Bertz CT molecular complexity index is 947. The Morgan fingerprint density at radius 3 is 2.59 bits per heavy atom. The van der Waals surface area contributed by atoms with Crippen LogP contribution in [0, 0.1) is 0 Å². The van der Waals surface area contributed by atoms with Crippen molar-refractivity contribution in [3.05, 3.63) is 71.7 Å². The summed E-state index contributed by atoms with van der Waals surface area (Å²) in [6.07, 6.45) is 0. The van der Waals surface area contributed by atoms with Gasteiger partial charge in [-0.15, -0.1) is 24.0 Å². The third-order valence-corrected chi connectivity index (χ3v) is 4.20.